The van der Waals surface area contributed by atoms with Crippen LogP contribution < -0.4 is 19.8 Å². The zero-order chi connectivity index (χ0) is 28.0. The van der Waals surface area contributed by atoms with E-state index in [1.807, 2.05) is 6.07 Å². The van der Waals surface area contributed by atoms with Crippen LogP contribution in [0.15, 0.2) is 82.6 Å². The van der Waals surface area contributed by atoms with E-state index in [1.165, 1.54) is 16.7 Å². The molecule has 1 fully saturated rings. The van der Waals surface area contributed by atoms with Gasteiger partial charge >= 0.3 is 4.87 Å². The van der Waals surface area contributed by atoms with Crippen LogP contribution in [0.4, 0.5) is 11.4 Å². The summed E-state index contributed by atoms with van der Waals surface area (Å²) in [6, 6.07) is 20.3. The van der Waals surface area contributed by atoms with Crippen molar-refractivity contribution in [1.29, 1.82) is 0 Å². The number of thioether (sulfide) groups is 1. The zero-order valence-electron chi connectivity index (χ0n) is 20.4. The van der Waals surface area contributed by atoms with Gasteiger partial charge in [0.05, 0.1) is 16.6 Å². The summed E-state index contributed by atoms with van der Waals surface area (Å²) < 4.78 is 5.95. The number of ether oxygens (including phenoxy) is 1. The predicted molar refractivity (Wildman–Crippen MR) is 156 cm³/mol. The number of carbonyl (C=O) groups excluding carboxylic acids is 3. The molecule has 2 aliphatic heterocycles. The molecule has 40 heavy (non-hydrogen) atoms. The van der Waals surface area contributed by atoms with E-state index >= 15 is 0 Å². The number of carbonyl (C=O) groups is 3. The van der Waals surface area contributed by atoms with Crippen LogP contribution in [0.1, 0.15) is 16.4 Å². The minimum Gasteiger partial charge on any atom is -0.483 e. The van der Waals surface area contributed by atoms with E-state index in [9.17, 15) is 19.2 Å². The molecule has 6 rings (SSSR count). The Balaban J connectivity index is 1.37. The fraction of sp³-hybridized carbons (Fsp3) is 0.143. The Hall–Kier alpha value is -3.57. The molecular weight excluding hydrogens is 593 g/mol. The second kappa shape index (κ2) is 10.8. The van der Waals surface area contributed by atoms with Crippen LogP contribution in [-0.4, -0.2) is 34.6 Å². The van der Waals surface area contributed by atoms with E-state index in [0.29, 0.717) is 42.6 Å². The number of aromatic amines is 1. The van der Waals surface area contributed by atoms with E-state index in [0.717, 1.165) is 11.3 Å². The van der Waals surface area contributed by atoms with Gasteiger partial charge in [-0.05, 0) is 54.6 Å². The summed E-state index contributed by atoms with van der Waals surface area (Å²) in [4.78, 5) is 56.9. The Morgan fingerprint density at radius 2 is 1.68 bits per heavy atom. The topological polar surface area (TPSA) is 109 Å². The smallest absolute Gasteiger partial charge is 0.305 e. The maximum Gasteiger partial charge on any atom is 0.305 e. The molecule has 3 atom stereocenters. The van der Waals surface area contributed by atoms with E-state index < -0.39 is 28.9 Å². The lowest BCUT2D eigenvalue weighted by atomic mass is 9.82. The highest BCUT2D eigenvalue weighted by molar-refractivity contribution is 8.00. The molecule has 0 aliphatic carbocycles. The molecule has 12 heteroatoms. The molecule has 0 radical (unpaired) electrons. The molecule has 3 heterocycles. The molecule has 4 aromatic rings. The monoisotopic (exact) mass is 611 g/mol. The number of H-pyrrole nitrogens is 1. The third-order valence-corrected chi connectivity index (χ3v) is 9.52. The first kappa shape index (κ1) is 26.6. The van der Waals surface area contributed by atoms with Gasteiger partial charge in [-0.25, -0.2) is 4.90 Å². The summed E-state index contributed by atoms with van der Waals surface area (Å²) >= 11 is 14.6. The van der Waals surface area contributed by atoms with Crippen LogP contribution in [0.2, 0.25) is 10.0 Å². The normalized spacial score (nSPS) is 19.8. The van der Waals surface area contributed by atoms with Gasteiger partial charge in [0.25, 0.3) is 5.91 Å². The fourth-order valence-corrected chi connectivity index (χ4v) is 7.77. The number of hydrogen-bond donors (Lipinski definition) is 2. The SMILES string of the molecule is O=C(COc1ccc(Cl)cc1C1c2sc(=O)[nH]c2SC2C(=O)N(c3ccc(Cl)cc3)C(=O)C21)Nc1ccccc1. The van der Waals surface area contributed by atoms with Crippen molar-refractivity contribution in [2.24, 2.45) is 5.92 Å². The van der Waals surface area contributed by atoms with Gasteiger partial charge < -0.3 is 15.0 Å². The number of hydrogen-bond acceptors (Lipinski definition) is 7. The second-order valence-electron chi connectivity index (χ2n) is 9.12. The van der Waals surface area contributed by atoms with Gasteiger partial charge in [0.1, 0.15) is 11.0 Å². The second-order valence-corrected chi connectivity index (χ2v) is 12.2. The Labute approximate surface area is 246 Å². The van der Waals surface area contributed by atoms with Gasteiger partial charge in [-0.3, -0.25) is 19.2 Å². The van der Waals surface area contributed by atoms with E-state index in [4.69, 9.17) is 27.9 Å². The average Bonchev–Trinajstić information content (AvgIpc) is 3.43. The molecule has 0 saturated carbocycles. The number of anilines is 2. The molecule has 3 aromatic carbocycles. The lowest BCUT2D eigenvalue weighted by molar-refractivity contribution is -0.122. The Kier molecular flexibility index (Phi) is 7.18. The third kappa shape index (κ3) is 4.92. The van der Waals surface area contributed by atoms with E-state index in [-0.39, 0.29) is 17.4 Å². The molecule has 2 aliphatic rings. The van der Waals surface area contributed by atoms with Crippen LogP contribution in [0.3, 0.4) is 0 Å². The number of nitrogens with one attached hydrogen (secondary N) is 2. The number of rotatable bonds is 6. The number of thiazole rings is 1. The highest BCUT2D eigenvalue weighted by Gasteiger charge is 2.56. The molecular formula is C28H19Cl2N3O5S2. The zero-order valence-corrected chi connectivity index (χ0v) is 23.6. The van der Waals surface area contributed by atoms with Crippen LogP contribution in [-0.2, 0) is 14.4 Å². The molecule has 1 saturated heterocycles. The van der Waals surface area contributed by atoms with Gasteiger partial charge in [0.15, 0.2) is 6.61 Å². The average molecular weight is 613 g/mol. The fourth-order valence-electron chi connectivity index (χ4n) is 4.95. The van der Waals surface area contributed by atoms with E-state index in [2.05, 4.69) is 10.3 Å². The summed E-state index contributed by atoms with van der Waals surface area (Å²) in [5.74, 6) is -2.42. The van der Waals surface area contributed by atoms with Crippen molar-refractivity contribution < 1.29 is 19.1 Å². The van der Waals surface area contributed by atoms with Crippen molar-refractivity contribution in [1.82, 2.24) is 4.98 Å². The number of halogens is 2. The highest BCUT2D eigenvalue weighted by Crippen LogP contribution is 2.54. The first-order valence-corrected chi connectivity index (χ1v) is 14.6. The van der Waals surface area contributed by atoms with Crippen molar-refractivity contribution in [2.75, 3.05) is 16.8 Å². The van der Waals surface area contributed by atoms with Crippen molar-refractivity contribution in [3.63, 3.8) is 0 Å². The first-order valence-electron chi connectivity index (χ1n) is 12.1. The van der Waals surface area contributed by atoms with Gasteiger partial charge in [0.2, 0.25) is 11.8 Å². The van der Waals surface area contributed by atoms with E-state index in [1.54, 1.807) is 66.7 Å². The van der Waals surface area contributed by atoms with Crippen molar-refractivity contribution in [3.05, 3.63) is 103 Å². The molecule has 2 N–H and O–H groups in total. The number of amides is 3. The molecule has 0 spiro atoms. The van der Waals surface area contributed by atoms with Crippen LogP contribution >= 0.6 is 46.3 Å². The van der Waals surface area contributed by atoms with Gasteiger partial charge in [-0.2, -0.15) is 0 Å². The number of nitrogens with zero attached hydrogens (tertiary/aromatic N) is 1. The summed E-state index contributed by atoms with van der Waals surface area (Å²) in [7, 11) is 0. The standard InChI is InChI=1S/C28H19Cl2N3O5S2/c29-14-6-9-17(10-7-14)33-26(35)22-21(23-25(32-28(37)40-23)39-24(22)27(33)36)18-12-15(30)8-11-19(18)38-13-20(34)31-16-4-2-1-3-5-16/h1-12,21-22,24H,13H2,(H,31,34)(H,32,37). The minimum atomic E-state index is -0.842. The Morgan fingerprint density at radius 1 is 0.950 bits per heavy atom. The van der Waals surface area contributed by atoms with Crippen molar-refractivity contribution in [2.45, 2.75) is 16.2 Å². The number of imide groups is 1. The van der Waals surface area contributed by atoms with Gasteiger partial charge in [-0.1, -0.05) is 64.5 Å². The van der Waals surface area contributed by atoms with Gasteiger partial charge in [-0.15, -0.1) is 0 Å². The quantitative estimate of drug-likeness (QED) is 0.276. The Morgan fingerprint density at radius 3 is 2.42 bits per heavy atom. The number of aromatic nitrogens is 1. The lowest BCUT2D eigenvalue weighted by Crippen LogP contribution is -2.32. The Bertz CT molecular complexity index is 1690. The van der Waals surface area contributed by atoms with Crippen LogP contribution in [0.25, 0.3) is 0 Å². The third-order valence-electron chi connectivity index (χ3n) is 6.63. The molecule has 202 valence electrons. The lowest BCUT2D eigenvalue weighted by Gasteiger charge is -2.31. The summed E-state index contributed by atoms with van der Waals surface area (Å²) in [5.41, 5.74) is 1.54. The highest BCUT2D eigenvalue weighted by atomic mass is 35.5. The number of benzene rings is 3. The van der Waals surface area contributed by atoms with Crippen molar-refractivity contribution in [3.8, 4) is 5.75 Å². The molecule has 3 unspecified atom stereocenters. The summed E-state index contributed by atoms with van der Waals surface area (Å²) in [6.07, 6.45) is 0. The number of para-hydroxylation sites is 1. The summed E-state index contributed by atoms with van der Waals surface area (Å²) in [5, 5.41) is 3.35. The number of fused-ring (bicyclic) bond motifs is 2. The summed E-state index contributed by atoms with van der Waals surface area (Å²) in [6.45, 7) is -0.306. The largest absolute Gasteiger partial charge is 0.483 e. The van der Waals surface area contributed by atoms with Crippen LogP contribution in [0.5, 0.6) is 5.75 Å². The van der Waals surface area contributed by atoms with Crippen molar-refractivity contribution >= 4 is 75.4 Å². The van der Waals surface area contributed by atoms with Crippen LogP contribution in [0, 0.1) is 5.92 Å². The maximum absolute atomic E-state index is 13.9. The van der Waals surface area contributed by atoms with Gasteiger partial charge in [0, 0.05) is 32.1 Å². The molecule has 8 nitrogen and oxygen atoms in total. The first-order chi connectivity index (χ1) is 19.3. The maximum atomic E-state index is 13.9. The molecule has 1 aromatic heterocycles. The molecule has 3 amide bonds. The predicted octanol–water partition coefficient (Wildman–Crippen LogP) is 5.56. The molecule has 0 bridgehead atoms. The minimum absolute atomic E-state index is 0.302.